The number of para-hydroxylation sites is 1. The summed E-state index contributed by atoms with van der Waals surface area (Å²) in [5, 5.41) is 4.59. The van der Waals surface area contributed by atoms with Crippen molar-refractivity contribution in [2.24, 2.45) is 0 Å². The number of nitrogens with one attached hydrogen (secondary N) is 1. The van der Waals surface area contributed by atoms with E-state index >= 15 is 0 Å². The number of furan rings is 1. The van der Waals surface area contributed by atoms with Crippen molar-refractivity contribution in [3.63, 3.8) is 0 Å². The van der Waals surface area contributed by atoms with Crippen LogP contribution in [0.1, 0.15) is 38.5 Å². The fourth-order valence-corrected chi connectivity index (χ4v) is 2.88. The molecule has 1 aliphatic heterocycles. The van der Waals surface area contributed by atoms with Crippen molar-refractivity contribution in [3.8, 4) is 5.75 Å². The van der Waals surface area contributed by atoms with Crippen LogP contribution in [-0.4, -0.2) is 25.9 Å². The molecule has 0 aliphatic carbocycles. The normalized spacial score (nSPS) is 23.6. The standard InChI is InChI=1S/C17H23NO3/c1-12(18-11-17(2)8-5-9-20-17)15-10-13-6-4-7-14(19-3)16(13)21-15/h4,6-7,10,12,18H,5,8-9,11H2,1-3H3. The summed E-state index contributed by atoms with van der Waals surface area (Å²) in [5.74, 6) is 1.70. The Hall–Kier alpha value is -1.52. The Morgan fingerprint density at radius 2 is 2.29 bits per heavy atom. The maximum absolute atomic E-state index is 5.97. The zero-order chi connectivity index (χ0) is 14.9. The van der Waals surface area contributed by atoms with Gasteiger partial charge >= 0.3 is 0 Å². The lowest BCUT2D eigenvalue weighted by Crippen LogP contribution is -2.38. The van der Waals surface area contributed by atoms with Crippen LogP contribution < -0.4 is 10.1 Å². The summed E-state index contributed by atoms with van der Waals surface area (Å²) in [4.78, 5) is 0. The van der Waals surface area contributed by atoms with Crippen LogP contribution in [0.3, 0.4) is 0 Å². The maximum atomic E-state index is 5.97. The molecule has 4 nitrogen and oxygen atoms in total. The maximum Gasteiger partial charge on any atom is 0.176 e. The van der Waals surface area contributed by atoms with E-state index in [9.17, 15) is 0 Å². The second-order valence-electron chi connectivity index (χ2n) is 6.03. The zero-order valence-corrected chi connectivity index (χ0v) is 12.9. The van der Waals surface area contributed by atoms with Crippen molar-refractivity contribution in [1.29, 1.82) is 0 Å². The summed E-state index contributed by atoms with van der Waals surface area (Å²) in [7, 11) is 1.66. The van der Waals surface area contributed by atoms with Gasteiger partial charge in [0.05, 0.1) is 18.8 Å². The molecule has 0 saturated carbocycles. The average molecular weight is 289 g/mol. The van der Waals surface area contributed by atoms with Gasteiger partial charge in [-0.05, 0) is 38.8 Å². The van der Waals surface area contributed by atoms with Gasteiger partial charge in [0.2, 0.25) is 0 Å². The van der Waals surface area contributed by atoms with Crippen LogP contribution in [0.2, 0.25) is 0 Å². The van der Waals surface area contributed by atoms with Crippen LogP contribution in [0.5, 0.6) is 5.75 Å². The number of rotatable bonds is 5. The largest absolute Gasteiger partial charge is 0.493 e. The Bertz CT molecular complexity index is 614. The molecule has 2 atom stereocenters. The van der Waals surface area contributed by atoms with E-state index < -0.39 is 0 Å². The average Bonchev–Trinajstić information content (AvgIpc) is 3.11. The Labute approximate surface area is 125 Å². The summed E-state index contributed by atoms with van der Waals surface area (Å²) in [5.41, 5.74) is 0.768. The van der Waals surface area contributed by atoms with E-state index in [1.807, 2.05) is 18.2 Å². The van der Waals surface area contributed by atoms with E-state index in [0.717, 1.165) is 48.5 Å². The smallest absolute Gasteiger partial charge is 0.176 e. The van der Waals surface area contributed by atoms with Gasteiger partial charge in [-0.15, -0.1) is 0 Å². The van der Waals surface area contributed by atoms with Gasteiger partial charge in [0.15, 0.2) is 11.3 Å². The topological polar surface area (TPSA) is 43.6 Å². The number of hydrogen-bond acceptors (Lipinski definition) is 4. The van der Waals surface area contributed by atoms with Gasteiger partial charge in [0.25, 0.3) is 0 Å². The van der Waals surface area contributed by atoms with E-state index in [1.165, 1.54) is 0 Å². The number of hydrogen-bond donors (Lipinski definition) is 1. The van der Waals surface area contributed by atoms with Gasteiger partial charge in [-0.1, -0.05) is 12.1 Å². The Balaban J connectivity index is 1.74. The highest BCUT2D eigenvalue weighted by atomic mass is 16.5. The molecule has 21 heavy (non-hydrogen) atoms. The second-order valence-corrected chi connectivity index (χ2v) is 6.03. The van der Waals surface area contributed by atoms with Crippen molar-refractivity contribution in [3.05, 3.63) is 30.0 Å². The van der Waals surface area contributed by atoms with Crippen molar-refractivity contribution < 1.29 is 13.9 Å². The fourth-order valence-electron chi connectivity index (χ4n) is 2.88. The van der Waals surface area contributed by atoms with E-state index in [4.69, 9.17) is 13.9 Å². The minimum absolute atomic E-state index is 0.0437. The first-order chi connectivity index (χ1) is 10.1. The summed E-state index contributed by atoms with van der Waals surface area (Å²) in [6.45, 7) is 5.99. The van der Waals surface area contributed by atoms with Crippen molar-refractivity contribution in [2.75, 3.05) is 20.3 Å². The molecule has 2 unspecified atom stereocenters. The molecule has 114 valence electrons. The van der Waals surface area contributed by atoms with Crippen LogP contribution in [-0.2, 0) is 4.74 Å². The first-order valence-electron chi connectivity index (χ1n) is 7.55. The number of methoxy groups -OCH3 is 1. The van der Waals surface area contributed by atoms with Gasteiger partial charge in [-0.25, -0.2) is 0 Å². The molecule has 1 aromatic carbocycles. The molecule has 1 saturated heterocycles. The lowest BCUT2D eigenvalue weighted by Gasteiger charge is -2.25. The van der Waals surface area contributed by atoms with Gasteiger partial charge in [-0.2, -0.15) is 0 Å². The summed E-state index contributed by atoms with van der Waals surface area (Å²) in [6.07, 6.45) is 2.26. The first-order valence-corrected chi connectivity index (χ1v) is 7.55. The summed E-state index contributed by atoms with van der Waals surface area (Å²) < 4.78 is 17.1. The van der Waals surface area contributed by atoms with Gasteiger partial charge in [-0.3, -0.25) is 0 Å². The molecule has 0 radical (unpaired) electrons. The third kappa shape index (κ3) is 2.92. The molecule has 1 N–H and O–H groups in total. The lowest BCUT2D eigenvalue weighted by molar-refractivity contribution is 0.0187. The quantitative estimate of drug-likeness (QED) is 0.912. The third-order valence-electron chi connectivity index (χ3n) is 4.26. The molecular formula is C17H23NO3. The molecule has 3 rings (SSSR count). The van der Waals surface area contributed by atoms with Crippen LogP contribution in [0.25, 0.3) is 11.0 Å². The molecule has 0 spiro atoms. The van der Waals surface area contributed by atoms with Gasteiger partial charge in [0.1, 0.15) is 5.76 Å². The highest BCUT2D eigenvalue weighted by molar-refractivity contribution is 5.83. The van der Waals surface area contributed by atoms with Crippen molar-refractivity contribution in [2.45, 2.75) is 38.3 Å². The molecule has 0 amide bonds. The van der Waals surface area contributed by atoms with E-state index in [-0.39, 0.29) is 11.6 Å². The Morgan fingerprint density at radius 3 is 3.00 bits per heavy atom. The molecule has 2 aromatic rings. The van der Waals surface area contributed by atoms with Crippen LogP contribution >= 0.6 is 0 Å². The van der Waals surface area contributed by atoms with Crippen LogP contribution in [0.4, 0.5) is 0 Å². The molecule has 4 heteroatoms. The van der Waals surface area contributed by atoms with Gasteiger partial charge < -0.3 is 19.2 Å². The highest BCUT2D eigenvalue weighted by Crippen LogP contribution is 2.31. The van der Waals surface area contributed by atoms with E-state index in [0.29, 0.717) is 0 Å². The number of ether oxygens (including phenoxy) is 2. The zero-order valence-electron chi connectivity index (χ0n) is 12.9. The second kappa shape index (κ2) is 5.70. The van der Waals surface area contributed by atoms with Crippen LogP contribution in [0.15, 0.2) is 28.7 Å². The lowest BCUT2D eigenvalue weighted by atomic mass is 10.0. The van der Waals surface area contributed by atoms with Gasteiger partial charge in [0, 0.05) is 18.5 Å². The minimum Gasteiger partial charge on any atom is -0.493 e. The SMILES string of the molecule is COc1cccc2cc(C(C)NCC3(C)CCCO3)oc12. The minimum atomic E-state index is -0.0437. The fraction of sp³-hybridized carbons (Fsp3) is 0.529. The van der Waals surface area contributed by atoms with E-state index in [2.05, 4.69) is 25.2 Å². The molecular weight excluding hydrogens is 266 g/mol. The molecule has 0 bridgehead atoms. The van der Waals surface area contributed by atoms with Crippen molar-refractivity contribution >= 4 is 11.0 Å². The highest BCUT2D eigenvalue weighted by Gasteiger charge is 2.30. The molecule has 1 aliphatic rings. The number of benzene rings is 1. The third-order valence-corrected chi connectivity index (χ3v) is 4.26. The summed E-state index contributed by atoms with van der Waals surface area (Å²) in [6, 6.07) is 8.16. The number of fused-ring (bicyclic) bond motifs is 1. The van der Waals surface area contributed by atoms with Crippen LogP contribution in [0, 0.1) is 0 Å². The molecule has 1 aromatic heterocycles. The summed E-state index contributed by atoms with van der Waals surface area (Å²) >= 11 is 0. The molecule has 2 heterocycles. The first kappa shape index (κ1) is 14.4. The monoisotopic (exact) mass is 289 g/mol. The predicted octanol–water partition coefficient (Wildman–Crippen LogP) is 3.66. The Morgan fingerprint density at radius 1 is 1.43 bits per heavy atom. The molecule has 1 fully saturated rings. The van der Waals surface area contributed by atoms with Crippen molar-refractivity contribution in [1.82, 2.24) is 5.32 Å². The van der Waals surface area contributed by atoms with E-state index in [1.54, 1.807) is 7.11 Å². The predicted molar refractivity (Wildman–Crippen MR) is 82.8 cm³/mol. The Kier molecular flexibility index (Phi) is 3.91.